The molecule has 3 N–H and O–H groups in total. The van der Waals surface area contributed by atoms with Crippen molar-refractivity contribution in [3.05, 3.63) is 48.0 Å². The molecule has 0 spiro atoms. The molecule has 3 amide bonds. The fourth-order valence-corrected chi connectivity index (χ4v) is 4.95. The first-order chi connectivity index (χ1) is 19.2. The molecule has 4 atom stereocenters. The monoisotopic (exact) mass is 554 g/mol. The minimum absolute atomic E-state index is 0.00661. The second-order valence-corrected chi connectivity index (χ2v) is 10.4. The summed E-state index contributed by atoms with van der Waals surface area (Å²) in [6.07, 6.45) is 1.91. The number of carbonyl (C=O) groups excluding carboxylic acids is 4. The van der Waals surface area contributed by atoms with E-state index in [1.54, 1.807) is 0 Å². The standard InChI is InChI=1S/C30H42N4O6/c1-5-20(2)26(33-29(37)24-13-14-27(35)31-24)18-34(17-22-11-8-10-21-9-6-7-12-23(21)22)19-28(36)32-25(15-16-39-3)30(38)40-4/h6-12,20,24-26H,5,13-19H2,1-4H3,(H,31,35)(H,32,36)(H,33,37)/t20-,24-,25-,26+/m0/s1. The number of ether oxygens (including phenoxy) is 2. The summed E-state index contributed by atoms with van der Waals surface area (Å²) in [6, 6.07) is 12.5. The Balaban J connectivity index is 1.83. The molecule has 0 aromatic heterocycles. The summed E-state index contributed by atoms with van der Waals surface area (Å²) in [6.45, 7) is 5.27. The van der Waals surface area contributed by atoms with Crippen LogP contribution in [0.1, 0.15) is 45.1 Å². The van der Waals surface area contributed by atoms with E-state index in [1.807, 2.05) is 41.3 Å². The highest BCUT2D eigenvalue weighted by atomic mass is 16.5. The zero-order valence-corrected chi connectivity index (χ0v) is 23.9. The van der Waals surface area contributed by atoms with Gasteiger partial charge in [-0.25, -0.2) is 4.79 Å². The fraction of sp³-hybridized carbons (Fsp3) is 0.533. The van der Waals surface area contributed by atoms with Crippen LogP contribution >= 0.6 is 0 Å². The molecule has 10 nitrogen and oxygen atoms in total. The maximum Gasteiger partial charge on any atom is 0.328 e. The van der Waals surface area contributed by atoms with Crippen LogP contribution in [0.2, 0.25) is 0 Å². The third-order valence-electron chi connectivity index (χ3n) is 7.50. The van der Waals surface area contributed by atoms with Gasteiger partial charge in [0.2, 0.25) is 17.7 Å². The molecule has 2 aromatic rings. The van der Waals surface area contributed by atoms with Gasteiger partial charge in [-0.3, -0.25) is 19.3 Å². The van der Waals surface area contributed by atoms with Crippen molar-refractivity contribution >= 4 is 34.5 Å². The van der Waals surface area contributed by atoms with Crippen molar-refractivity contribution in [2.45, 2.75) is 64.2 Å². The van der Waals surface area contributed by atoms with Crippen molar-refractivity contribution in [3.63, 3.8) is 0 Å². The molecule has 3 rings (SSSR count). The minimum Gasteiger partial charge on any atom is -0.467 e. The molecule has 0 bridgehead atoms. The van der Waals surface area contributed by atoms with E-state index < -0.39 is 18.1 Å². The van der Waals surface area contributed by atoms with Gasteiger partial charge in [0.25, 0.3) is 0 Å². The van der Waals surface area contributed by atoms with Crippen LogP contribution in [0.15, 0.2) is 42.5 Å². The lowest BCUT2D eigenvalue weighted by molar-refractivity contribution is -0.145. The zero-order chi connectivity index (χ0) is 29.1. The van der Waals surface area contributed by atoms with Gasteiger partial charge in [-0.15, -0.1) is 0 Å². The molecule has 2 aromatic carbocycles. The van der Waals surface area contributed by atoms with Crippen molar-refractivity contribution in [2.24, 2.45) is 5.92 Å². The van der Waals surface area contributed by atoms with E-state index in [9.17, 15) is 19.2 Å². The molecule has 0 unspecified atom stereocenters. The number of hydrogen-bond acceptors (Lipinski definition) is 7. The topological polar surface area (TPSA) is 126 Å². The normalized spacial score (nSPS) is 17.2. The van der Waals surface area contributed by atoms with E-state index in [-0.39, 0.29) is 42.6 Å². The number of fused-ring (bicyclic) bond motifs is 1. The number of esters is 1. The smallest absolute Gasteiger partial charge is 0.328 e. The molecular weight excluding hydrogens is 512 g/mol. The average Bonchev–Trinajstić information content (AvgIpc) is 3.40. The number of carbonyl (C=O) groups is 4. The van der Waals surface area contributed by atoms with Crippen molar-refractivity contribution in [3.8, 4) is 0 Å². The molecule has 0 saturated carbocycles. The number of methoxy groups -OCH3 is 2. The lowest BCUT2D eigenvalue weighted by atomic mass is 9.97. The SMILES string of the molecule is CC[C@H](C)[C@@H](CN(CC(=O)N[C@@H](CCOC)C(=O)OC)Cc1cccc2ccccc12)NC(=O)[C@@H]1CCC(=O)N1. The van der Waals surface area contributed by atoms with Crippen LogP contribution in [-0.4, -0.2) is 80.6 Å². The summed E-state index contributed by atoms with van der Waals surface area (Å²) >= 11 is 0. The molecule has 40 heavy (non-hydrogen) atoms. The molecule has 0 aliphatic carbocycles. The molecule has 1 heterocycles. The van der Waals surface area contributed by atoms with E-state index in [4.69, 9.17) is 9.47 Å². The van der Waals surface area contributed by atoms with Crippen LogP contribution in [0.25, 0.3) is 10.8 Å². The Hall–Kier alpha value is -3.50. The van der Waals surface area contributed by atoms with Crippen LogP contribution in [0.4, 0.5) is 0 Å². The summed E-state index contributed by atoms with van der Waals surface area (Å²) in [4.78, 5) is 52.2. The van der Waals surface area contributed by atoms with Crippen molar-refractivity contribution in [2.75, 3.05) is 33.9 Å². The molecule has 0 radical (unpaired) electrons. The lowest BCUT2D eigenvalue weighted by Crippen LogP contribution is -2.53. The largest absolute Gasteiger partial charge is 0.467 e. The van der Waals surface area contributed by atoms with E-state index in [0.29, 0.717) is 32.5 Å². The van der Waals surface area contributed by atoms with Gasteiger partial charge in [-0.05, 0) is 28.7 Å². The van der Waals surface area contributed by atoms with Gasteiger partial charge in [-0.2, -0.15) is 0 Å². The third-order valence-corrected chi connectivity index (χ3v) is 7.50. The summed E-state index contributed by atoms with van der Waals surface area (Å²) in [5.41, 5.74) is 1.05. The highest BCUT2D eigenvalue weighted by Crippen LogP contribution is 2.21. The molecule has 218 valence electrons. The van der Waals surface area contributed by atoms with Gasteiger partial charge in [0.15, 0.2) is 0 Å². The fourth-order valence-electron chi connectivity index (χ4n) is 4.95. The van der Waals surface area contributed by atoms with Gasteiger partial charge in [-0.1, -0.05) is 62.7 Å². The second-order valence-electron chi connectivity index (χ2n) is 10.4. The van der Waals surface area contributed by atoms with Gasteiger partial charge < -0.3 is 25.4 Å². The number of hydrogen-bond donors (Lipinski definition) is 3. The van der Waals surface area contributed by atoms with Gasteiger partial charge in [0.05, 0.1) is 13.7 Å². The molecule has 10 heteroatoms. The number of benzene rings is 2. The number of rotatable bonds is 15. The van der Waals surface area contributed by atoms with Crippen molar-refractivity contribution in [1.29, 1.82) is 0 Å². The first-order valence-corrected chi connectivity index (χ1v) is 13.9. The first-order valence-electron chi connectivity index (χ1n) is 13.9. The van der Waals surface area contributed by atoms with Crippen LogP contribution in [0, 0.1) is 5.92 Å². The summed E-state index contributed by atoms with van der Waals surface area (Å²) in [5.74, 6) is -1.08. The van der Waals surface area contributed by atoms with E-state index in [1.165, 1.54) is 14.2 Å². The second kappa shape index (κ2) is 15.3. The Kier molecular flexibility index (Phi) is 11.9. The van der Waals surface area contributed by atoms with Gasteiger partial charge in [0, 0.05) is 45.7 Å². The zero-order valence-electron chi connectivity index (χ0n) is 23.9. The molecule has 1 fully saturated rings. The quantitative estimate of drug-likeness (QED) is 0.288. The van der Waals surface area contributed by atoms with Crippen LogP contribution in [0.5, 0.6) is 0 Å². The predicted molar refractivity (Wildman–Crippen MR) is 152 cm³/mol. The van der Waals surface area contributed by atoms with Crippen molar-refractivity contribution < 1.29 is 28.7 Å². The van der Waals surface area contributed by atoms with Crippen molar-refractivity contribution in [1.82, 2.24) is 20.9 Å². The molecule has 1 aliphatic heterocycles. The predicted octanol–water partition coefficient (Wildman–Crippen LogP) is 2.15. The highest BCUT2D eigenvalue weighted by Gasteiger charge is 2.31. The summed E-state index contributed by atoms with van der Waals surface area (Å²) in [7, 11) is 2.82. The third kappa shape index (κ3) is 8.76. The number of nitrogens with zero attached hydrogens (tertiary/aromatic N) is 1. The molecule has 1 aliphatic rings. The van der Waals surface area contributed by atoms with E-state index in [2.05, 4.69) is 35.9 Å². The summed E-state index contributed by atoms with van der Waals surface area (Å²) in [5, 5.41) is 10.8. The Morgan fingerprint density at radius 2 is 1.85 bits per heavy atom. The maximum atomic E-state index is 13.3. The average molecular weight is 555 g/mol. The maximum absolute atomic E-state index is 13.3. The first kappa shape index (κ1) is 31.0. The summed E-state index contributed by atoms with van der Waals surface area (Å²) < 4.78 is 9.96. The van der Waals surface area contributed by atoms with Crippen LogP contribution in [0.3, 0.4) is 0 Å². The van der Waals surface area contributed by atoms with E-state index in [0.717, 1.165) is 22.8 Å². The molecule has 1 saturated heterocycles. The van der Waals surface area contributed by atoms with Crippen LogP contribution < -0.4 is 16.0 Å². The molecular formula is C30H42N4O6. The Morgan fingerprint density at radius 1 is 1.10 bits per heavy atom. The number of amides is 3. The Bertz CT molecular complexity index is 1170. The lowest BCUT2D eigenvalue weighted by Gasteiger charge is -2.32. The van der Waals surface area contributed by atoms with Gasteiger partial charge >= 0.3 is 5.97 Å². The van der Waals surface area contributed by atoms with E-state index >= 15 is 0 Å². The highest BCUT2D eigenvalue weighted by molar-refractivity contribution is 5.91. The Morgan fingerprint density at radius 3 is 2.52 bits per heavy atom. The Labute approximate surface area is 236 Å². The minimum atomic E-state index is -0.826. The number of nitrogens with one attached hydrogen (secondary N) is 3. The van der Waals surface area contributed by atoms with Crippen LogP contribution in [-0.2, 0) is 35.2 Å². The van der Waals surface area contributed by atoms with Gasteiger partial charge in [0.1, 0.15) is 12.1 Å².